The molecule has 0 spiro atoms. The van der Waals surface area contributed by atoms with Gasteiger partial charge in [0, 0.05) is 19.6 Å². The Morgan fingerprint density at radius 1 is 1.22 bits per heavy atom. The quantitative estimate of drug-likeness (QED) is 0.793. The van der Waals surface area contributed by atoms with Gasteiger partial charge in [-0.2, -0.15) is 13.2 Å². The fourth-order valence-electron chi connectivity index (χ4n) is 3.02. The minimum atomic E-state index is -4.05. The van der Waals surface area contributed by atoms with Crippen LogP contribution in [0.5, 0.6) is 0 Å². The summed E-state index contributed by atoms with van der Waals surface area (Å²) in [5.41, 5.74) is -0.265. The number of hydrogen-bond acceptors (Lipinski definition) is 2. The van der Waals surface area contributed by atoms with Crippen molar-refractivity contribution in [3.8, 4) is 0 Å². The lowest BCUT2D eigenvalue weighted by molar-refractivity contribution is -0.137. The Kier molecular flexibility index (Phi) is 5.92. The van der Waals surface area contributed by atoms with Crippen molar-refractivity contribution in [3.05, 3.63) is 0 Å². The van der Waals surface area contributed by atoms with Crippen LogP contribution in [-0.2, 0) is 4.74 Å². The highest BCUT2D eigenvalue weighted by Crippen LogP contribution is 2.36. The largest absolute Gasteiger partial charge is 0.389 e. The summed E-state index contributed by atoms with van der Waals surface area (Å²) in [4.78, 5) is 0. The molecule has 1 unspecified atom stereocenters. The van der Waals surface area contributed by atoms with Gasteiger partial charge in [0.25, 0.3) is 0 Å². The first-order chi connectivity index (χ1) is 8.43. The van der Waals surface area contributed by atoms with Crippen LogP contribution in [0.15, 0.2) is 0 Å². The second kappa shape index (κ2) is 6.75. The van der Waals surface area contributed by atoms with Crippen molar-refractivity contribution in [3.63, 3.8) is 0 Å². The number of methoxy groups -OCH3 is 1. The molecule has 18 heavy (non-hydrogen) atoms. The van der Waals surface area contributed by atoms with E-state index in [0.717, 1.165) is 25.7 Å². The highest BCUT2D eigenvalue weighted by Gasteiger charge is 2.39. The first-order valence-electron chi connectivity index (χ1n) is 6.73. The SMILES string of the molecule is CNC(CCCC(F)(F)F)C1(OC)CCCCC1. The third-order valence-corrected chi connectivity index (χ3v) is 4.04. The van der Waals surface area contributed by atoms with Crippen LogP contribution in [0.25, 0.3) is 0 Å². The lowest BCUT2D eigenvalue weighted by atomic mass is 9.77. The van der Waals surface area contributed by atoms with E-state index in [-0.39, 0.29) is 18.1 Å². The Hall–Kier alpha value is -0.290. The van der Waals surface area contributed by atoms with Gasteiger partial charge in [0.1, 0.15) is 0 Å². The predicted molar refractivity (Wildman–Crippen MR) is 65.6 cm³/mol. The van der Waals surface area contributed by atoms with Gasteiger partial charge in [-0.05, 0) is 32.7 Å². The standard InChI is InChI=1S/C13H24F3NO/c1-17-11(7-6-10-13(14,15)16)12(18-2)8-4-3-5-9-12/h11,17H,3-10H2,1-2H3. The van der Waals surface area contributed by atoms with E-state index >= 15 is 0 Å². The van der Waals surface area contributed by atoms with Crippen LogP contribution in [0.4, 0.5) is 13.2 Å². The van der Waals surface area contributed by atoms with Gasteiger partial charge in [0.15, 0.2) is 0 Å². The normalized spacial score (nSPS) is 21.8. The van der Waals surface area contributed by atoms with Crippen LogP contribution in [0.3, 0.4) is 0 Å². The predicted octanol–water partition coefficient (Wildman–Crippen LogP) is 3.66. The molecule has 0 bridgehead atoms. The zero-order valence-electron chi connectivity index (χ0n) is 11.3. The zero-order valence-corrected chi connectivity index (χ0v) is 11.3. The van der Waals surface area contributed by atoms with Gasteiger partial charge in [0.2, 0.25) is 0 Å². The molecular formula is C13H24F3NO. The molecule has 1 aliphatic carbocycles. The number of hydrogen-bond donors (Lipinski definition) is 1. The summed E-state index contributed by atoms with van der Waals surface area (Å²) < 4.78 is 42.2. The van der Waals surface area contributed by atoms with Gasteiger partial charge in [-0.15, -0.1) is 0 Å². The second-order valence-corrected chi connectivity index (χ2v) is 5.18. The molecule has 0 amide bonds. The zero-order chi connectivity index (χ0) is 13.6. The van der Waals surface area contributed by atoms with Crippen molar-refractivity contribution in [1.29, 1.82) is 0 Å². The van der Waals surface area contributed by atoms with Gasteiger partial charge in [-0.25, -0.2) is 0 Å². The van der Waals surface area contributed by atoms with E-state index in [4.69, 9.17) is 4.74 Å². The fraction of sp³-hybridized carbons (Fsp3) is 1.00. The Balaban J connectivity index is 2.52. The lowest BCUT2D eigenvalue weighted by Gasteiger charge is -2.42. The van der Waals surface area contributed by atoms with Crippen molar-refractivity contribution in [2.24, 2.45) is 0 Å². The Morgan fingerprint density at radius 2 is 1.83 bits per heavy atom. The average Bonchev–Trinajstić information content (AvgIpc) is 2.34. The van der Waals surface area contributed by atoms with Crippen LogP contribution in [0, 0.1) is 0 Å². The minimum Gasteiger partial charge on any atom is -0.377 e. The van der Waals surface area contributed by atoms with Gasteiger partial charge in [-0.1, -0.05) is 19.3 Å². The van der Waals surface area contributed by atoms with E-state index < -0.39 is 12.6 Å². The third kappa shape index (κ3) is 4.43. The number of halogens is 3. The number of nitrogens with one attached hydrogen (secondary N) is 1. The molecule has 0 aromatic carbocycles. The molecular weight excluding hydrogens is 243 g/mol. The van der Waals surface area contributed by atoms with Crippen molar-refractivity contribution < 1.29 is 17.9 Å². The molecule has 0 heterocycles. The van der Waals surface area contributed by atoms with Crippen molar-refractivity contribution in [1.82, 2.24) is 5.32 Å². The molecule has 1 saturated carbocycles. The smallest absolute Gasteiger partial charge is 0.377 e. The Bertz CT molecular complexity index is 237. The molecule has 2 nitrogen and oxygen atoms in total. The number of ether oxygens (including phenoxy) is 1. The summed E-state index contributed by atoms with van der Waals surface area (Å²) in [6.07, 6.45) is 1.22. The first-order valence-corrected chi connectivity index (χ1v) is 6.73. The maximum Gasteiger partial charge on any atom is 0.389 e. The maximum absolute atomic E-state index is 12.2. The van der Waals surface area contributed by atoms with Gasteiger partial charge >= 0.3 is 6.18 Å². The summed E-state index contributed by atoms with van der Waals surface area (Å²) in [5, 5.41) is 3.16. The third-order valence-electron chi connectivity index (χ3n) is 4.04. The molecule has 0 radical (unpaired) electrons. The summed E-state index contributed by atoms with van der Waals surface area (Å²) in [6.45, 7) is 0. The molecule has 0 aromatic rings. The summed E-state index contributed by atoms with van der Waals surface area (Å²) in [5.74, 6) is 0. The molecule has 1 rings (SSSR count). The molecule has 1 N–H and O–H groups in total. The first kappa shape index (κ1) is 15.8. The van der Waals surface area contributed by atoms with E-state index in [1.54, 1.807) is 7.11 Å². The van der Waals surface area contributed by atoms with Gasteiger partial charge in [-0.3, -0.25) is 0 Å². The van der Waals surface area contributed by atoms with E-state index in [2.05, 4.69) is 5.32 Å². The van der Waals surface area contributed by atoms with E-state index in [0.29, 0.717) is 6.42 Å². The number of alkyl halides is 3. The molecule has 1 fully saturated rings. The maximum atomic E-state index is 12.2. The van der Waals surface area contributed by atoms with Crippen LogP contribution < -0.4 is 5.32 Å². The van der Waals surface area contributed by atoms with E-state index in [1.807, 2.05) is 7.05 Å². The topological polar surface area (TPSA) is 21.3 Å². The van der Waals surface area contributed by atoms with E-state index in [1.165, 1.54) is 6.42 Å². The van der Waals surface area contributed by atoms with E-state index in [9.17, 15) is 13.2 Å². The fourth-order valence-corrected chi connectivity index (χ4v) is 3.02. The minimum absolute atomic E-state index is 0.0187. The van der Waals surface area contributed by atoms with Crippen molar-refractivity contribution in [2.75, 3.05) is 14.2 Å². The van der Waals surface area contributed by atoms with Crippen LogP contribution in [0.1, 0.15) is 51.4 Å². The Labute approximate surface area is 107 Å². The summed E-state index contributed by atoms with van der Waals surface area (Å²) >= 11 is 0. The molecule has 0 aromatic heterocycles. The van der Waals surface area contributed by atoms with Crippen molar-refractivity contribution in [2.45, 2.75) is 69.2 Å². The molecule has 5 heteroatoms. The molecule has 1 aliphatic rings. The Morgan fingerprint density at radius 3 is 2.28 bits per heavy atom. The average molecular weight is 267 g/mol. The molecule has 1 atom stereocenters. The molecule has 0 aliphatic heterocycles. The van der Waals surface area contributed by atoms with Crippen LogP contribution >= 0.6 is 0 Å². The lowest BCUT2D eigenvalue weighted by Crippen LogP contribution is -2.52. The highest BCUT2D eigenvalue weighted by molar-refractivity contribution is 4.94. The molecule has 0 saturated heterocycles. The van der Waals surface area contributed by atoms with Gasteiger partial charge < -0.3 is 10.1 Å². The highest BCUT2D eigenvalue weighted by atomic mass is 19.4. The number of rotatable bonds is 6. The summed E-state index contributed by atoms with van der Waals surface area (Å²) in [7, 11) is 3.49. The molecule has 108 valence electrons. The monoisotopic (exact) mass is 267 g/mol. The second-order valence-electron chi connectivity index (χ2n) is 5.18. The van der Waals surface area contributed by atoms with Crippen LogP contribution in [-0.4, -0.2) is 32.0 Å². The van der Waals surface area contributed by atoms with Crippen molar-refractivity contribution >= 4 is 0 Å². The van der Waals surface area contributed by atoms with Crippen LogP contribution in [0.2, 0.25) is 0 Å². The summed E-state index contributed by atoms with van der Waals surface area (Å²) in [6, 6.07) is 0.0187. The van der Waals surface area contributed by atoms with Gasteiger partial charge in [0.05, 0.1) is 5.60 Å². The number of likely N-dealkylation sites (N-methyl/N-ethyl adjacent to an activating group) is 1.